The van der Waals surface area contributed by atoms with Crippen LogP contribution in [0.1, 0.15) is 11.6 Å². The van der Waals surface area contributed by atoms with Gasteiger partial charge in [-0.05, 0) is 23.6 Å². The molecule has 1 atom stereocenters. The van der Waals surface area contributed by atoms with Gasteiger partial charge in [0.1, 0.15) is 0 Å². The second kappa shape index (κ2) is 6.24. The van der Waals surface area contributed by atoms with Crippen molar-refractivity contribution in [2.24, 2.45) is 5.73 Å². The average Bonchev–Trinajstić information content (AvgIpc) is 2.52. The highest BCUT2D eigenvalue weighted by atomic mass is 79.9. The first-order chi connectivity index (χ1) is 10.3. The van der Waals surface area contributed by atoms with E-state index in [4.69, 9.17) is 5.73 Å². The first kappa shape index (κ1) is 14.0. The molecule has 1 heterocycles. The molecule has 0 radical (unpaired) electrons. The molecule has 0 aliphatic rings. The molecule has 3 N–H and O–H groups in total. The van der Waals surface area contributed by atoms with Gasteiger partial charge in [0.15, 0.2) is 0 Å². The molecule has 1 unspecified atom stereocenters. The monoisotopic (exact) mass is 341 g/mol. The minimum Gasteiger partial charge on any atom is -0.377 e. The molecule has 4 heteroatoms. The van der Waals surface area contributed by atoms with E-state index in [-0.39, 0.29) is 6.04 Å². The molecule has 0 fully saturated rings. The summed E-state index contributed by atoms with van der Waals surface area (Å²) in [7, 11) is 0. The third kappa shape index (κ3) is 3.06. The van der Waals surface area contributed by atoms with Gasteiger partial charge >= 0.3 is 0 Å². The van der Waals surface area contributed by atoms with E-state index < -0.39 is 0 Å². The summed E-state index contributed by atoms with van der Waals surface area (Å²) in [6.45, 7) is 0.502. The molecule has 3 nitrogen and oxygen atoms in total. The summed E-state index contributed by atoms with van der Waals surface area (Å²) in [5.41, 5.74) is 8.14. The van der Waals surface area contributed by atoms with E-state index in [9.17, 15) is 0 Å². The van der Waals surface area contributed by atoms with Gasteiger partial charge in [-0.3, -0.25) is 4.98 Å². The quantitative estimate of drug-likeness (QED) is 0.750. The van der Waals surface area contributed by atoms with Crippen LogP contribution >= 0.6 is 15.9 Å². The molecule has 0 saturated carbocycles. The minimum atomic E-state index is 0.0258. The number of nitrogens with one attached hydrogen (secondary N) is 1. The average molecular weight is 342 g/mol. The predicted octanol–water partition coefficient (Wildman–Crippen LogP) is 4.11. The summed E-state index contributed by atoms with van der Waals surface area (Å²) in [5.74, 6) is 0. The lowest BCUT2D eigenvalue weighted by molar-refractivity contribution is 0.792. The van der Waals surface area contributed by atoms with Crippen molar-refractivity contribution in [2.75, 3.05) is 11.9 Å². The number of benzene rings is 2. The number of anilines is 1. The molecule has 3 aromatic rings. The van der Waals surface area contributed by atoms with Crippen LogP contribution in [0.25, 0.3) is 10.8 Å². The molecular weight excluding hydrogens is 326 g/mol. The van der Waals surface area contributed by atoms with Gasteiger partial charge in [-0.2, -0.15) is 0 Å². The lowest BCUT2D eigenvalue weighted by atomic mass is 10.0. The van der Waals surface area contributed by atoms with Crippen molar-refractivity contribution in [3.8, 4) is 0 Å². The first-order valence-electron chi connectivity index (χ1n) is 6.83. The Hall–Kier alpha value is -1.91. The molecule has 2 aromatic carbocycles. The Morgan fingerprint density at radius 3 is 2.76 bits per heavy atom. The molecule has 0 spiro atoms. The molecule has 106 valence electrons. The van der Waals surface area contributed by atoms with Gasteiger partial charge in [-0.15, -0.1) is 0 Å². The second-order valence-electron chi connectivity index (χ2n) is 4.89. The van der Waals surface area contributed by atoms with E-state index in [1.165, 1.54) is 5.39 Å². The van der Waals surface area contributed by atoms with E-state index in [0.29, 0.717) is 6.54 Å². The van der Waals surface area contributed by atoms with Crippen LogP contribution < -0.4 is 11.1 Å². The van der Waals surface area contributed by atoms with Gasteiger partial charge in [0.05, 0.1) is 6.04 Å². The SMILES string of the molecule is NCC(Nc1cccc(Br)c1)c1cncc2ccccc12. The number of hydrogen-bond donors (Lipinski definition) is 2. The Bertz CT molecular complexity index is 752. The number of rotatable bonds is 4. The van der Waals surface area contributed by atoms with Crippen LogP contribution in [0.3, 0.4) is 0 Å². The number of nitrogens with zero attached hydrogens (tertiary/aromatic N) is 1. The lowest BCUT2D eigenvalue weighted by Gasteiger charge is -2.20. The third-order valence-electron chi connectivity index (χ3n) is 3.48. The Balaban J connectivity index is 1.98. The van der Waals surface area contributed by atoms with Crippen molar-refractivity contribution in [1.29, 1.82) is 0 Å². The summed E-state index contributed by atoms with van der Waals surface area (Å²) < 4.78 is 1.04. The van der Waals surface area contributed by atoms with Crippen molar-refractivity contribution < 1.29 is 0 Å². The maximum Gasteiger partial charge on any atom is 0.0657 e. The number of fused-ring (bicyclic) bond motifs is 1. The maximum absolute atomic E-state index is 5.98. The number of halogens is 1. The van der Waals surface area contributed by atoms with E-state index >= 15 is 0 Å². The summed E-state index contributed by atoms with van der Waals surface area (Å²) in [4.78, 5) is 4.34. The van der Waals surface area contributed by atoms with Crippen molar-refractivity contribution >= 4 is 32.4 Å². The Kier molecular flexibility index (Phi) is 4.18. The molecule has 1 aromatic heterocycles. The largest absolute Gasteiger partial charge is 0.377 e. The summed E-state index contributed by atoms with van der Waals surface area (Å²) in [6, 6.07) is 16.3. The molecule has 21 heavy (non-hydrogen) atoms. The second-order valence-corrected chi connectivity index (χ2v) is 5.81. The maximum atomic E-state index is 5.98. The summed E-state index contributed by atoms with van der Waals surface area (Å²) >= 11 is 3.49. The molecular formula is C17H16BrN3. The van der Waals surface area contributed by atoms with E-state index in [2.05, 4.69) is 38.4 Å². The predicted molar refractivity (Wildman–Crippen MR) is 91.3 cm³/mol. The van der Waals surface area contributed by atoms with Crippen molar-refractivity contribution in [1.82, 2.24) is 4.98 Å². The molecule has 0 bridgehead atoms. The van der Waals surface area contributed by atoms with Crippen molar-refractivity contribution in [3.63, 3.8) is 0 Å². The zero-order chi connectivity index (χ0) is 14.7. The van der Waals surface area contributed by atoms with Gasteiger partial charge in [0.2, 0.25) is 0 Å². The molecule has 3 rings (SSSR count). The normalized spacial score (nSPS) is 12.3. The third-order valence-corrected chi connectivity index (χ3v) is 3.97. The zero-order valence-corrected chi connectivity index (χ0v) is 13.0. The molecule has 0 aliphatic carbocycles. The smallest absolute Gasteiger partial charge is 0.0657 e. The summed E-state index contributed by atoms with van der Waals surface area (Å²) in [5, 5.41) is 5.80. The molecule has 0 aliphatic heterocycles. The first-order valence-corrected chi connectivity index (χ1v) is 7.62. The van der Waals surface area contributed by atoms with Crippen LogP contribution in [0.2, 0.25) is 0 Å². The highest BCUT2D eigenvalue weighted by Crippen LogP contribution is 2.26. The highest BCUT2D eigenvalue weighted by Gasteiger charge is 2.13. The Labute approximate surface area is 132 Å². The van der Waals surface area contributed by atoms with Gasteiger partial charge < -0.3 is 11.1 Å². The Morgan fingerprint density at radius 1 is 1.10 bits per heavy atom. The van der Waals surface area contributed by atoms with Crippen LogP contribution in [-0.2, 0) is 0 Å². The fraction of sp³-hybridized carbons (Fsp3) is 0.118. The molecule has 0 amide bonds. The summed E-state index contributed by atoms with van der Waals surface area (Å²) in [6.07, 6.45) is 3.77. The standard InChI is InChI=1S/C17H16BrN3/c18-13-5-3-6-14(8-13)21-17(9-19)16-11-20-10-12-4-1-2-7-15(12)16/h1-8,10-11,17,21H,9,19H2. The van der Waals surface area contributed by atoms with Crippen LogP contribution in [-0.4, -0.2) is 11.5 Å². The van der Waals surface area contributed by atoms with E-state index in [0.717, 1.165) is 21.1 Å². The number of pyridine rings is 1. The molecule has 0 saturated heterocycles. The van der Waals surface area contributed by atoms with Gasteiger partial charge in [-0.1, -0.05) is 46.3 Å². The minimum absolute atomic E-state index is 0.0258. The van der Waals surface area contributed by atoms with E-state index in [1.807, 2.05) is 48.8 Å². The topological polar surface area (TPSA) is 50.9 Å². The fourth-order valence-corrected chi connectivity index (χ4v) is 2.86. The lowest BCUT2D eigenvalue weighted by Crippen LogP contribution is -2.21. The number of hydrogen-bond acceptors (Lipinski definition) is 3. The fourth-order valence-electron chi connectivity index (χ4n) is 2.46. The number of nitrogens with two attached hydrogens (primary N) is 1. The van der Waals surface area contributed by atoms with Crippen LogP contribution in [0.5, 0.6) is 0 Å². The Morgan fingerprint density at radius 2 is 1.95 bits per heavy atom. The van der Waals surface area contributed by atoms with Crippen molar-refractivity contribution in [3.05, 3.63) is 71.0 Å². The van der Waals surface area contributed by atoms with Crippen LogP contribution in [0.15, 0.2) is 65.4 Å². The van der Waals surface area contributed by atoms with Crippen LogP contribution in [0.4, 0.5) is 5.69 Å². The highest BCUT2D eigenvalue weighted by molar-refractivity contribution is 9.10. The number of aromatic nitrogens is 1. The van der Waals surface area contributed by atoms with Gasteiger partial charge in [0, 0.05) is 40.0 Å². The van der Waals surface area contributed by atoms with Gasteiger partial charge in [0.25, 0.3) is 0 Å². The van der Waals surface area contributed by atoms with E-state index in [1.54, 1.807) is 0 Å². The van der Waals surface area contributed by atoms with Crippen LogP contribution in [0, 0.1) is 0 Å². The van der Waals surface area contributed by atoms with Crippen molar-refractivity contribution in [2.45, 2.75) is 6.04 Å². The van der Waals surface area contributed by atoms with Gasteiger partial charge in [-0.25, -0.2) is 0 Å². The zero-order valence-electron chi connectivity index (χ0n) is 11.5.